The molecule has 2 nitrogen and oxygen atoms in total. The minimum Gasteiger partial charge on any atom is -0.453 e. The summed E-state index contributed by atoms with van der Waals surface area (Å²) >= 11 is 0. The van der Waals surface area contributed by atoms with Crippen molar-refractivity contribution in [1.29, 1.82) is 0 Å². The fourth-order valence-electron chi connectivity index (χ4n) is 3.40. The molecule has 1 aliphatic rings. The van der Waals surface area contributed by atoms with Gasteiger partial charge in [0.1, 0.15) is 6.10 Å². The van der Waals surface area contributed by atoms with E-state index >= 15 is 0 Å². The highest BCUT2D eigenvalue weighted by Crippen LogP contribution is 2.41. The Morgan fingerprint density at radius 1 is 1.17 bits per heavy atom. The minimum atomic E-state index is -0.259. The average molecular weight is 322 g/mol. The van der Waals surface area contributed by atoms with E-state index in [1.807, 2.05) is 6.92 Å². The van der Waals surface area contributed by atoms with Crippen LogP contribution in [-0.4, -0.2) is 5.97 Å². The van der Waals surface area contributed by atoms with Crippen LogP contribution >= 0.6 is 0 Å². The summed E-state index contributed by atoms with van der Waals surface area (Å²) in [6.07, 6.45) is 5.35. The van der Waals surface area contributed by atoms with Gasteiger partial charge in [0, 0.05) is 12.0 Å². The first kappa shape index (κ1) is 16.8. The summed E-state index contributed by atoms with van der Waals surface area (Å²) < 4.78 is 5.80. The minimum absolute atomic E-state index is 0.113. The van der Waals surface area contributed by atoms with Crippen LogP contribution in [0.5, 0.6) is 0 Å². The molecule has 3 rings (SSSR count). The topological polar surface area (TPSA) is 26.3 Å². The third kappa shape index (κ3) is 3.38. The van der Waals surface area contributed by atoms with Gasteiger partial charge in [-0.25, -0.2) is 0 Å². The zero-order valence-electron chi connectivity index (χ0n) is 14.8. The van der Waals surface area contributed by atoms with Crippen molar-refractivity contribution >= 4 is 22.3 Å². The molecule has 0 heterocycles. The third-order valence-corrected chi connectivity index (χ3v) is 4.65. The van der Waals surface area contributed by atoms with Gasteiger partial charge < -0.3 is 4.74 Å². The van der Waals surface area contributed by atoms with E-state index in [4.69, 9.17) is 4.74 Å². The van der Waals surface area contributed by atoms with Crippen molar-refractivity contribution in [3.05, 3.63) is 53.6 Å². The second kappa shape index (κ2) is 7.21. The van der Waals surface area contributed by atoms with Gasteiger partial charge in [-0.3, -0.25) is 4.79 Å². The van der Waals surface area contributed by atoms with Gasteiger partial charge in [0.25, 0.3) is 0 Å². The van der Waals surface area contributed by atoms with E-state index < -0.39 is 0 Å². The Bertz CT molecular complexity index is 765. The molecule has 24 heavy (non-hydrogen) atoms. The van der Waals surface area contributed by atoms with E-state index in [0.29, 0.717) is 12.3 Å². The van der Waals surface area contributed by atoms with Gasteiger partial charge in [-0.2, -0.15) is 0 Å². The van der Waals surface area contributed by atoms with Crippen LogP contribution in [-0.2, 0) is 9.53 Å². The zero-order chi connectivity index (χ0) is 17.1. The summed E-state index contributed by atoms with van der Waals surface area (Å²) in [6, 6.07) is 12.7. The Morgan fingerprint density at radius 2 is 1.92 bits per heavy atom. The maximum absolute atomic E-state index is 12.1. The monoisotopic (exact) mass is 322 g/mol. The number of rotatable bonds is 6. The van der Waals surface area contributed by atoms with Crippen molar-refractivity contribution < 1.29 is 9.53 Å². The lowest BCUT2D eigenvalue weighted by molar-refractivity contribution is -0.147. The molecular formula is C22H26O2. The number of esters is 1. The van der Waals surface area contributed by atoms with Crippen molar-refractivity contribution in [3.8, 4) is 0 Å². The number of ether oxygens (including phenoxy) is 1. The van der Waals surface area contributed by atoms with Crippen LogP contribution in [0, 0.1) is 5.92 Å². The number of benzene rings is 2. The molecule has 126 valence electrons. The van der Waals surface area contributed by atoms with E-state index in [0.717, 1.165) is 24.8 Å². The average Bonchev–Trinajstić information content (AvgIpc) is 2.56. The van der Waals surface area contributed by atoms with Gasteiger partial charge in [-0.15, -0.1) is 0 Å². The van der Waals surface area contributed by atoms with Crippen LogP contribution in [0.3, 0.4) is 0 Å². The molecule has 2 aromatic carbocycles. The fourth-order valence-corrected chi connectivity index (χ4v) is 3.40. The zero-order valence-corrected chi connectivity index (χ0v) is 14.8. The lowest BCUT2D eigenvalue weighted by Gasteiger charge is -2.26. The summed E-state index contributed by atoms with van der Waals surface area (Å²) in [5, 5.41) is 2.47. The third-order valence-electron chi connectivity index (χ3n) is 4.65. The van der Waals surface area contributed by atoms with Crippen LogP contribution in [0.15, 0.2) is 42.5 Å². The van der Waals surface area contributed by atoms with Gasteiger partial charge in [0.2, 0.25) is 0 Å². The Morgan fingerprint density at radius 3 is 2.62 bits per heavy atom. The molecule has 1 atom stereocenters. The SMILES string of the molecule is CCCC(=O)OC1C=C(CCC(C)C)c2cccc3cccc1c23. The van der Waals surface area contributed by atoms with Crippen molar-refractivity contribution in [2.45, 2.75) is 52.6 Å². The predicted octanol–water partition coefficient (Wildman–Crippen LogP) is 6.06. The molecular weight excluding hydrogens is 296 g/mol. The largest absolute Gasteiger partial charge is 0.453 e. The van der Waals surface area contributed by atoms with Crippen molar-refractivity contribution in [3.63, 3.8) is 0 Å². The number of hydrogen-bond acceptors (Lipinski definition) is 2. The Balaban J connectivity index is 2.03. The van der Waals surface area contributed by atoms with Crippen LogP contribution in [0.2, 0.25) is 0 Å². The van der Waals surface area contributed by atoms with E-state index in [2.05, 4.69) is 56.3 Å². The standard InChI is InChI=1S/C22H26O2/c1-4-7-21(23)24-20-14-17(13-12-15(2)3)18-10-5-8-16-9-6-11-19(20)22(16)18/h5-6,8-11,14-15,20H,4,7,12-13H2,1-3H3. The van der Waals surface area contributed by atoms with Crippen molar-refractivity contribution in [2.24, 2.45) is 5.92 Å². The maximum Gasteiger partial charge on any atom is 0.306 e. The van der Waals surface area contributed by atoms with Crippen LogP contribution in [0.1, 0.15) is 63.7 Å². The fraction of sp³-hybridized carbons (Fsp3) is 0.409. The number of hydrogen-bond donors (Lipinski definition) is 0. The second-order valence-corrected chi connectivity index (χ2v) is 7.04. The lowest BCUT2D eigenvalue weighted by Crippen LogP contribution is -2.13. The molecule has 0 radical (unpaired) electrons. The summed E-state index contributed by atoms with van der Waals surface area (Å²) in [5.41, 5.74) is 3.72. The molecule has 0 amide bonds. The highest BCUT2D eigenvalue weighted by atomic mass is 16.5. The molecule has 2 aromatic rings. The van der Waals surface area contributed by atoms with E-state index in [1.54, 1.807) is 0 Å². The predicted molar refractivity (Wildman–Crippen MR) is 99.7 cm³/mol. The molecule has 0 aromatic heterocycles. The highest BCUT2D eigenvalue weighted by Gasteiger charge is 2.24. The Labute approximate surface area is 144 Å². The van der Waals surface area contributed by atoms with E-state index in [9.17, 15) is 4.79 Å². The second-order valence-electron chi connectivity index (χ2n) is 7.04. The molecule has 1 aliphatic carbocycles. The van der Waals surface area contributed by atoms with Crippen LogP contribution in [0.25, 0.3) is 16.3 Å². The molecule has 0 spiro atoms. The van der Waals surface area contributed by atoms with Crippen LogP contribution in [0.4, 0.5) is 0 Å². The summed E-state index contributed by atoms with van der Waals surface area (Å²) in [7, 11) is 0. The number of carbonyl (C=O) groups is 1. The number of allylic oxidation sites excluding steroid dienone is 1. The van der Waals surface area contributed by atoms with Gasteiger partial charge in [-0.1, -0.05) is 57.2 Å². The summed E-state index contributed by atoms with van der Waals surface area (Å²) in [5.74, 6) is 0.543. The van der Waals surface area contributed by atoms with Crippen LogP contribution < -0.4 is 0 Å². The molecule has 0 saturated heterocycles. The molecule has 0 bridgehead atoms. The summed E-state index contributed by atoms with van der Waals surface area (Å²) in [6.45, 7) is 6.50. The summed E-state index contributed by atoms with van der Waals surface area (Å²) in [4.78, 5) is 12.1. The first-order chi connectivity index (χ1) is 11.6. The first-order valence-corrected chi connectivity index (χ1v) is 9.02. The van der Waals surface area contributed by atoms with Crippen molar-refractivity contribution in [1.82, 2.24) is 0 Å². The van der Waals surface area contributed by atoms with Gasteiger partial charge >= 0.3 is 5.97 Å². The Kier molecular flexibility index (Phi) is 5.03. The van der Waals surface area contributed by atoms with E-state index in [-0.39, 0.29) is 12.1 Å². The van der Waals surface area contributed by atoms with Crippen molar-refractivity contribution in [2.75, 3.05) is 0 Å². The Hall–Kier alpha value is -2.09. The smallest absolute Gasteiger partial charge is 0.306 e. The molecule has 0 saturated carbocycles. The molecule has 2 heteroatoms. The first-order valence-electron chi connectivity index (χ1n) is 9.02. The van der Waals surface area contributed by atoms with Gasteiger partial charge in [-0.05, 0) is 53.2 Å². The molecule has 0 fully saturated rings. The molecule has 1 unspecified atom stereocenters. The van der Waals surface area contributed by atoms with Gasteiger partial charge in [0.15, 0.2) is 0 Å². The normalized spacial score (nSPS) is 16.3. The molecule has 0 N–H and O–H groups in total. The maximum atomic E-state index is 12.1. The van der Waals surface area contributed by atoms with E-state index in [1.165, 1.54) is 21.9 Å². The highest BCUT2D eigenvalue weighted by molar-refractivity contribution is 5.98. The lowest BCUT2D eigenvalue weighted by atomic mass is 9.84. The molecule has 0 aliphatic heterocycles. The van der Waals surface area contributed by atoms with Gasteiger partial charge in [0.05, 0.1) is 0 Å². The number of carbonyl (C=O) groups excluding carboxylic acids is 1. The quantitative estimate of drug-likeness (QED) is 0.604.